The summed E-state index contributed by atoms with van der Waals surface area (Å²) >= 11 is 0. The first-order valence-electron chi connectivity index (χ1n) is 12.6. The lowest BCUT2D eigenvalue weighted by molar-refractivity contribution is -0.137. The van der Waals surface area contributed by atoms with Gasteiger partial charge in [0.25, 0.3) is 0 Å². The van der Waals surface area contributed by atoms with Crippen LogP contribution < -0.4 is 15.8 Å². The van der Waals surface area contributed by atoms with E-state index >= 15 is 0 Å². The number of carboxylic acid groups (broad SMARTS) is 1. The van der Waals surface area contributed by atoms with Gasteiger partial charge in [-0.3, -0.25) is 9.69 Å². The topological polar surface area (TPSA) is 87.8 Å². The Balaban J connectivity index is 1.70. The third-order valence-electron chi connectivity index (χ3n) is 7.17. The maximum absolute atomic E-state index is 14.5. The Morgan fingerprint density at radius 1 is 1.22 bits per heavy atom. The molecule has 1 atom stereocenters. The number of hydrogen-bond acceptors (Lipinski definition) is 5. The van der Waals surface area contributed by atoms with E-state index in [0.717, 1.165) is 39.1 Å². The summed E-state index contributed by atoms with van der Waals surface area (Å²) in [6, 6.07) is 15.1. The quantitative estimate of drug-likeness (QED) is 0.349. The number of rotatable bonds is 7. The van der Waals surface area contributed by atoms with E-state index in [0.29, 0.717) is 31.1 Å². The monoisotopic (exact) mass is 505 g/mol. The third kappa shape index (κ3) is 5.72. The molecule has 0 saturated heterocycles. The lowest BCUT2D eigenvalue weighted by Gasteiger charge is -2.30. The summed E-state index contributed by atoms with van der Waals surface area (Å²) in [6.45, 7) is 9.73. The van der Waals surface area contributed by atoms with Gasteiger partial charge in [0.2, 0.25) is 0 Å². The molecule has 0 radical (unpaired) electrons. The minimum absolute atomic E-state index is 0.0427. The van der Waals surface area contributed by atoms with Crippen molar-refractivity contribution < 1.29 is 19.0 Å². The Kier molecular flexibility index (Phi) is 7.46. The molecule has 1 aliphatic rings. The SMILES string of the molecule is CNc1ccc(C(CC(=O)O)c2ccc(C)c(CN3Cc4cccc(F)c4OC(C)(C)C3)c2)c(C)c1N. The van der Waals surface area contributed by atoms with E-state index in [4.69, 9.17) is 10.5 Å². The highest BCUT2D eigenvalue weighted by Gasteiger charge is 2.31. The van der Waals surface area contributed by atoms with Gasteiger partial charge in [0.05, 0.1) is 17.8 Å². The molecule has 0 fully saturated rings. The summed E-state index contributed by atoms with van der Waals surface area (Å²) in [6.07, 6.45) is -0.0427. The number of halogens is 1. The van der Waals surface area contributed by atoms with Crippen molar-refractivity contribution in [1.82, 2.24) is 4.90 Å². The fraction of sp³-hybridized carbons (Fsp3) is 0.367. The zero-order valence-electron chi connectivity index (χ0n) is 22.2. The van der Waals surface area contributed by atoms with E-state index in [1.165, 1.54) is 6.07 Å². The van der Waals surface area contributed by atoms with Gasteiger partial charge in [-0.1, -0.05) is 36.4 Å². The van der Waals surface area contributed by atoms with Crippen LogP contribution in [0.4, 0.5) is 15.8 Å². The van der Waals surface area contributed by atoms with Gasteiger partial charge in [0.1, 0.15) is 5.60 Å². The number of nitrogen functional groups attached to an aromatic ring is 1. The smallest absolute Gasteiger partial charge is 0.304 e. The molecule has 0 aliphatic carbocycles. The summed E-state index contributed by atoms with van der Waals surface area (Å²) in [5.41, 5.74) is 13.0. The number of benzene rings is 3. The zero-order valence-corrected chi connectivity index (χ0v) is 22.2. The average molecular weight is 506 g/mol. The molecule has 0 spiro atoms. The van der Waals surface area contributed by atoms with Crippen LogP contribution >= 0.6 is 0 Å². The highest BCUT2D eigenvalue weighted by molar-refractivity contribution is 5.74. The summed E-state index contributed by atoms with van der Waals surface area (Å²) in [4.78, 5) is 14.2. The molecule has 4 N–H and O–H groups in total. The van der Waals surface area contributed by atoms with Crippen molar-refractivity contribution in [2.45, 2.75) is 58.7 Å². The number of aliphatic carboxylic acids is 1. The zero-order chi connectivity index (χ0) is 26.9. The summed E-state index contributed by atoms with van der Waals surface area (Å²) in [5.74, 6) is -1.24. The van der Waals surface area contributed by atoms with Crippen LogP contribution in [0.2, 0.25) is 0 Å². The molecule has 0 bridgehead atoms. The fourth-order valence-corrected chi connectivity index (χ4v) is 5.29. The molecule has 6 nitrogen and oxygen atoms in total. The number of aryl methyl sites for hydroxylation is 1. The molecule has 4 rings (SSSR count). The molecule has 1 unspecified atom stereocenters. The van der Waals surface area contributed by atoms with E-state index in [9.17, 15) is 14.3 Å². The van der Waals surface area contributed by atoms with Crippen LogP contribution in [0.3, 0.4) is 0 Å². The van der Waals surface area contributed by atoms with Gasteiger partial charge >= 0.3 is 5.97 Å². The van der Waals surface area contributed by atoms with Gasteiger partial charge in [-0.25, -0.2) is 4.39 Å². The second-order valence-electron chi connectivity index (χ2n) is 10.6. The van der Waals surface area contributed by atoms with E-state index in [1.807, 2.05) is 58.2 Å². The van der Waals surface area contributed by atoms with Gasteiger partial charge in [-0.2, -0.15) is 0 Å². The minimum atomic E-state index is -0.868. The van der Waals surface area contributed by atoms with Crippen LogP contribution in [0.25, 0.3) is 0 Å². The number of anilines is 2. The number of hydrogen-bond donors (Lipinski definition) is 3. The standard InChI is InChI=1S/C30H36FN3O3/c1-18-9-10-20(24(14-27(35)36)23-11-12-26(33-5)28(32)19(23)2)13-22(18)16-34-15-21-7-6-8-25(31)29(21)37-30(3,4)17-34/h6-13,24,33H,14-17,32H2,1-5H3,(H,35,36). The highest BCUT2D eigenvalue weighted by atomic mass is 19.1. The molecule has 7 heteroatoms. The number of ether oxygens (including phenoxy) is 1. The van der Waals surface area contributed by atoms with Gasteiger partial charge in [-0.15, -0.1) is 0 Å². The predicted octanol–water partition coefficient (Wildman–Crippen LogP) is 5.85. The normalized spacial score (nSPS) is 15.8. The number of fused-ring (bicyclic) bond motifs is 1. The molecule has 1 aliphatic heterocycles. The van der Waals surface area contributed by atoms with E-state index in [2.05, 4.69) is 23.2 Å². The number of para-hydroxylation sites is 1. The van der Waals surface area contributed by atoms with Gasteiger partial charge in [0.15, 0.2) is 11.6 Å². The van der Waals surface area contributed by atoms with Crippen LogP contribution in [0, 0.1) is 19.7 Å². The number of carboxylic acids is 1. The number of carbonyl (C=O) groups is 1. The Morgan fingerprint density at radius 2 is 1.97 bits per heavy atom. The molecular weight excluding hydrogens is 469 g/mol. The molecule has 0 amide bonds. The average Bonchev–Trinajstić information content (AvgIpc) is 2.96. The largest absolute Gasteiger partial charge is 0.483 e. The van der Waals surface area contributed by atoms with E-state index in [1.54, 1.807) is 6.07 Å². The molecule has 196 valence electrons. The number of nitrogens with two attached hydrogens (primary N) is 1. The molecule has 37 heavy (non-hydrogen) atoms. The first kappa shape index (κ1) is 26.5. The molecule has 3 aromatic carbocycles. The number of nitrogens with one attached hydrogen (secondary N) is 1. The molecule has 0 saturated carbocycles. The van der Waals surface area contributed by atoms with Crippen LogP contribution in [0.15, 0.2) is 48.5 Å². The van der Waals surface area contributed by atoms with Gasteiger partial charge in [0, 0.05) is 38.2 Å². The summed E-state index contributed by atoms with van der Waals surface area (Å²) in [7, 11) is 1.81. The maximum Gasteiger partial charge on any atom is 0.304 e. The lowest BCUT2D eigenvalue weighted by Crippen LogP contribution is -2.40. The Hall–Kier alpha value is -3.58. The molecule has 1 heterocycles. The highest BCUT2D eigenvalue weighted by Crippen LogP contribution is 2.37. The Labute approximate surface area is 218 Å². The summed E-state index contributed by atoms with van der Waals surface area (Å²) in [5, 5.41) is 12.8. The van der Waals surface area contributed by atoms with Crippen LogP contribution in [0.5, 0.6) is 5.75 Å². The van der Waals surface area contributed by atoms with Crippen LogP contribution in [-0.4, -0.2) is 35.2 Å². The van der Waals surface area contributed by atoms with Gasteiger partial charge in [-0.05, 0) is 67.6 Å². The van der Waals surface area contributed by atoms with Gasteiger partial charge < -0.3 is 20.9 Å². The summed E-state index contributed by atoms with van der Waals surface area (Å²) < 4.78 is 20.6. The van der Waals surface area contributed by atoms with Crippen molar-refractivity contribution in [2.24, 2.45) is 0 Å². The van der Waals surface area contributed by atoms with E-state index in [-0.39, 0.29) is 18.2 Å². The number of nitrogens with zero attached hydrogens (tertiary/aromatic N) is 1. The molecular formula is C30H36FN3O3. The van der Waals surface area contributed by atoms with Crippen molar-refractivity contribution >= 4 is 17.3 Å². The third-order valence-corrected chi connectivity index (χ3v) is 7.17. The van der Waals surface area contributed by atoms with Crippen molar-refractivity contribution in [2.75, 3.05) is 24.6 Å². The Bertz CT molecular complexity index is 1320. The van der Waals surface area contributed by atoms with Crippen molar-refractivity contribution in [3.63, 3.8) is 0 Å². The van der Waals surface area contributed by atoms with E-state index < -0.39 is 11.6 Å². The van der Waals surface area contributed by atoms with Crippen LogP contribution in [0.1, 0.15) is 59.6 Å². The first-order valence-corrected chi connectivity index (χ1v) is 12.6. The van der Waals surface area contributed by atoms with Crippen molar-refractivity contribution in [3.05, 3.63) is 87.7 Å². The van der Waals surface area contributed by atoms with Crippen molar-refractivity contribution in [1.29, 1.82) is 0 Å². The second-order valence-corrected chi connectivity index (χ2v) is 10.6. The molecule has 3 aromatic rings. The predicted molar refractivity (Wildman–Crippen MR) is 146 cm³/mol. The van der Waals surface area contributed by atoms with Crippen LogP contribution in [-0.2, 0) is 17.9 Å². The first-order chi connectivity index (χ1) is 17.5. The molecule has 0 aromatic heterocycles. The lowest BCUT2D eigenvalue weighted by atomic mass is 9.84. The van der Waals surface area contributed by atoms with Crippen molar-refractivity contribution in [3.8, 4) is 5.75 Å². The minimum Gasteiger partial charge on any atom is -0.483 e. The fourth-order valence-electron chi connectivity index (χ4n) is 5.29. The Morgan fingerprint density at radius 3 is 2.68 bits per heavy atom. The second kappa shape index (κ2) is 10.4. The maximum atomic E-state index is 14.5.